The van der Waals surface area contributed by atoms with E-state index >= 15 is 0 Å². The van der Waals surface area contributed by atoms with Gasteiger partial charge >= 0.3 is 0 Å². The van der Waals surface area contributed by atoms with E-state index < -0.39 is 20.9 Å². The second-order valence-corrected chi connectivity index (χ2v) is 10.2. The van der Waals surface area contributed by atoms with Crippen LogP contribution in [0.2, 0.25) is 10.0 Å². The third-order valence-corrected chi connectivity index (χ3v) is 6.56. The number of halogens is 2. The van der Waals surface area contributed by atoms with Crippen LogP contribution in [-0.2, 0) is 21.2 Å². The number of aromatic nitrogens is 2. The van der Waals surface area contributed by atoms with Crippen molar-refractivity contribution in [3.8, 4) is 17.6 Å². The van der Waals surface area contributed by atoms with Crippen LogP contribution in [0.3, 0.4) is 0 Å². The zero-order valence-electron chi connectivity index (χ0n) is 17.7. The average Bonchev–Trinajstić information content (AvgIpc) is 3.26. The summed E-state index contributed by atoms with van der Waals surface area (Å²) >= 11 is 13.0. The van der Waals surface area contributed by atoms with Crippen LogP contribution < -0.4 is 14.8 Å². The molecule has 3 rings (SSSR count). The molecule has 1 aromatic heterocycles. The molecule has 176 valence electrons. The summed E-state index contributed by atoms with van der Waals surface area (Å²) in [7, 11) is -2.17. The number of rotatable bonds is 8. The number of hydrogen-bond acceptors (Lipinski definition) is 9. The van der Waals surface area contributed by atoms with Gasteiger partial charge in [-0.1, -0.05) is 35.3 Å². The second-order valence-electron chi connectivity index (χ2n) is 6.68. The molecule has 34 heavy (non-hydrogen) atoms. The number of amides is 1. The fourth-order valence-corrected chi connectivity index (χ4v) is 4.55. The number of carbonyl (C=O) groups is 1. The predicted molar refractivity (Wildman–Crippen MR) is 129 cm³/mol. The van der Waals surface area contributed by atoms with Gasteiger partial charge in [-0.3, -0.25) is 10.1 Å². The van der Waals surface area contributed by atoms with Gasteiger partial charge in [-0.05, 0) is 35.9 Å². The van der Waals surface area contributed by atoms with Crippen molar-refractivity contribution in [3.05, 3.63) is 63.1 Å². The van der Waals surface area contributed by atoms with E-state index in [2.05, 4.69) is 14.7 Å². The topological polar surface area (TPSA) is 131 Å². The Morgan fingerprint density at radius 3 is 2.53 bits per heavy atom. The molecule has 1 N–H and O–H groups in total. The van der Waals surface area contributed by atoms with Crippen molar-refractivity contribution in [3.63, 3.8) is 0 Å². The Labute approximate surface area is 209 Å². The average molecular weight is 539 g/mol. The number of nitrogens with one attached hydrogen (secondary N) is 1. The van der Waals surface area contributed by atoms with Crippen molar-refractivity contribution in [2.45, 2.75) is 11.8 Å². The van der Waals surface area contributed by atoms with Gasteiger partial charge in [-0.2, -0.15) is 14.6 Å². The highest BCUT2D eigenvalue weighted by Gasteiger charge is 2.18. The fourth-order valence-electron chi connectivity index (χ4n) is 2.60. The highest BCUT2D eigenvalue weighted by Crippen LogP contribution is 2.32. The van der Waals surface area contributed by atoms with Crippen LogP contribution in [0, 0.1) is 11.3 Å². The lowest BCUT2D eigenvalue weighted by Crippen LogP contribution is -2.13. The highest BCUT2D eigenvalue weighted by molar-refractivity contribution is 7.90. The van der Waals surface area contributed by atoms with Crippen molar-refractivity contribution in [1.29, 1.82) is 5.26 Å². The highest BCUT2D eigenvalue weighted by atomic mass is 35.5. The lowest BCUT2D eigenvalue weighted by atomic mass is 10.1. The Balaban J connectivity index is 1.77. The van der Waals surface area contributed by atoms with Crippen molar-refractivity contribution in [1.82, 2.24) is 9.36 Å². The molecule has 0 unspecified atom stereocenters. The van der Waals surface area contributed by atoms with Gasteiger partial charge in [0.1, 0.15) is 18.2 Å². The zero-order valence-corrected chi connectivity index (χ0v) is 20.8. The van der Waals surface area contributed by atoms with Crippen LogP contribution >= 0.6 is 34.7 Å². The summed E-state index contributed by atoms with van der Waals surface area (Å²) in [5, 5.41) is 12.3. The predicted octanol–water partition coefficient (Wildman–Crippen LogP) is 4.38. The van der Waals surface area contributed by atoms with Gasteiger partial charge in [0, 0.05) is 33.4 Å². The van der Waals surface area contributed by atoms with E-state index in [1.54, 1.807) is 42.5 Å². The Kier molecular flexibility index (Phi) is 8.11. The van der Waals surface area contributed by atoms with Gasteiger partial charge in [0.2, 0.25) is 15.0 Å². The van der Waals surface area contributed by atoms with Crippen molar-refractivity contribution in [2.24, 2.45) is 0 Å². The normalized spacial score (nSPS) is 11.6. The lowest BCUT2D eigenvalue weighted by Gasteiger charge is -2.13. The summed E-state index contributed by atoms with van der Waals surface area (Å²) in [5.74, 6) is -0.0105. The first kappa shape index (κ1) is 25.5. The molecule has 9 nitrogen and oxygen atoms in total. The summed E-state index contributed by atoms with van der Waals surface area (Å²) in [6.45, 7) is 0.104. The minimum atomic E-state index is -3.61. The summed E-state index contributed by atoms with van der Waals surface area (Å²) in [6, 6.07) is 11.8. The summed E-state index contributed by atoms with van der Waals surface area (Å²) in [5.41, 5.74) is 0.867. The third-order valence-electron chi connectivity index (χ3n) is 4.26. The van der Waals surface area contributed by atoms with Crippen LogP contribution in [0.4, 0.5) is 5.13 Å². The number of nitriles is 1. The molecule has 3 aromatic rings. The minimum Gasteiger partial charge on any atom is -0.493 e. The molecule has 0 radical (unpaired) electrons. The van der Waals surface area contributed by atoms with E-state index in [0.717, 1.165) is 6.26 Å². The first-order valence-corrected chi connectivity index (χ1v) is 12.7. The van der Waals surface area contributed by atoms with Gasteiger partial charge in [0.15, 0.2) is 11.5 Å². The second kappa shape index (κ2) is 10.8. The maximum absolute atomic E-state index is 12.5. The summed E-state index contributed by atoms with van der Waals surface area (Å²) in [6.07, 6.45) is 2.29. The van der Waals surface area contributed by atoms with E-state index in [0.29, 0.717) is 44.2 Å². The maximum Gasteiger partial charge on any atom is 0.268 e. The number of nitrogens with zero attached hydrogens (tertiary/aromatic N) is 3. The lowest BCUT2D eigenvalue weighted by molar-refractivity contribution is -0.112. The Hall–Kier alpha value is -3.17. The van der Waals surface area contributed by atoms with Gasteiger partial charge in [0.25, 0.3) is 11.1 Å². The van der Waals surface area contributed by atoms with Gasteiger partial charge in [-0.25, -0.2) is 8.42 Å². The molecule has 0 aliphatic heterocycles. The van der Waals surface area contributed by atoms with Crippen LogP contribution in [0.25, 0.3) is 6.08 Å². The van der Waals surface area contributed by atoms with E-state index in [1.807, 2.05) is 0 Å². The zero-order chi connectivity index (χ0) is 24.9. The monoisotopic (exact) mass is 538 g/mol. The fraction of sp³-hybridized carbons (Fsp3) is 0.143. The molecule has 13 heteroatoms. The van der Waals surface area contributed by atoms with Crippen molar-refractivity contribution in [2.75, 3.05) is 18.7 Å². The Morgan fingerprint density at radius 1 is 1.24 bits per heavy atom. The van der Waals surface area contributed by atoms with E-state index in [-0.39, 0.29) is 17.3 Å². The van der Waals surface area contributed by atoms with Crippen molar-refractivity contribution < 1.29 is 22.7 Å². The van der Waals surface area contributed by atoms with E-state index in [4.69, 9.17) is 32.7 Å². The summed E-state index contributed by atoms with van der Waals surface area (Å²) in [4.78, 5) is 16.2. The van der Waals surface area contributed by atoms with Gasteiger partial charge in [0.05, 0.1) is 7.11 Å². The molecule has 1 amide bonds. The molecular weight excluding hydrogens is 523 g/mol. The number of sulfone groups is 1. The standard InChI is InChI=1S/C21H16Cl2N4O5S2/c1-31-18-9-12(6-7-17(18)32-11-14-15(22)4-3-5-16(14)23)8-13(10-24)19(28)25-20-26-21(27-33-20)34(2,29)30/h3-9H,11H2,1-2H3,(H,25,26,27,28)/b13-8-. The molecule has 0 aliphatic rings. The molecule has 0 bridgehead atoms. The largest absolute Gasteiger partial charge is 0.493 e. The number of ether oxygens (including phenoxy) is 2. The smallest absolute Gasteiger partial charge is 0.268 e. The Morgan fingerprint density at radius 2 is 1.94 bits per heavy atom. The SMILES string of the molecule is COc1cc(/C=C(/C#N)C(=O)Nc2nc(S(C)(=O)=O)ns2)ccc1OCc1c(Cl)cccc1Cl. The molecule has 0 fully saturated rings. The molecule has 1 heterocycles. The Bertz CT molecular complexity index is 1390. The first-order chi connectivity index (χ1) is 16.1. The summed E-state index contributed by atoms with van der Waals surface area (Å²) < 4.78 is 37.8. The van der Waals surface area contributed by atoms with E-state index in [1.165, 1.54) is 13.2 Å². The maximum atomic E-state index is 12.5. The number of carbonyl (C=O) groups excluding carboxylic acids is 1. The molecule has 0 aliphatic carbocycles. The molecular formula is C21H16Cl2N4O5S2. The molecule has 2 aromatic carbocycles. The number of hydrogen-bond donors (Lipinski definition) is 1. The molecule has 0 spiro atoms. The number of methoxy groups -OCH3 is 1. The molecule has 0 saturated carbocycles. The van der Waals surface area contributed by atoms with Gasteiger partial charge < -0.3 is 9.47 Å². The van der Waals surface area contributed by atoms with Crippen LogP contribution in [0.15, 0.2) is 47.1 Å². The first-order valence-electron chi connectivity index (χ1n) is 9.33. The molecule has 0 atom stereocenters. The van der Waals surface area contributed by atoms with Crippen LogP contribution in [0.1, 0.15) is 11.1 Å². The molecule has 0 saturated heterocycles. The number of anilines is 1. The minimum absolute atomic E-state index is 0.0499. The van der Waals surface area contributed by atoms with Crippen molar-refractivity contribution >= 4 is 61.7 Å². The quantitative estimate of drug-likeness (QED) is 0.330. The van der Waals surface area contributed by atoms with E-state index in [9.17, 15) is 18.5 Å². The van der Waals surface area contributed by atoms with Crippen LogP contribution in [-0.4, -0.2) is 37.0 Å². The third kappa shape index (κ3) is 6.24. The van der Waals surface area contributed by atoms with Gasteiger partial charge in [-0.15, -0.1) is 0 Å². The number of benzene rings is 2. The van der Waals surface area contributed by atoms with Crippen LogP contribution in [0.5, 0.6) is 11.5 Å².